The molecule has 7 N–H and O–H groups in total. The van der Waals surface area contributed by atoms with Crippen LogP contribution in [0, 0.1) is 0 Å². The molecule has 1 atom stereocenters. The molecule has 6 nitrogen and oxygen atoms in total. The lowest BCUT2D eigenvalue weighted by Crippen LogP contribution is -2.78. The van der Waals surface area contributed by atoms with Gasteiger partial charge in [-0.05, 0) is 19.9 Å². The van der Waals surface area contributed by atoms with Crippen LogP contribution >= 0.6 is 0 Å². The number of nitrogens with one attached hydrogen (secondary N) is 3. The van der Waals surface area contributed by atoms with E-state index in [1.807, 2.05) is 0 Å². The molecule has 6 heteroatoms. The van der Waals surface area contributed by atoms with Gasteiger partial charge in [0.25, 0.3) is 0 Å². The second-order valence-electron chi connectivity index (χ2n) is 2.98. The maximum Gasteiger partial charge on any atom is 0.338 e. The highest BCUT2D eigenvalue weighted by Crippen LogP contribution is 1.94. The fourth-order valence-electron chi connectivity index (χ4n) is 1.12. The quantitative estimate of drug-likeness (QED) is 0.175. The lowest BCUT2D eigenvalue weighted by Gasteiger charge is -2.12. The van der Waals surface area contributed by atoms with Gasteiger partial charge in [0, 0.05) is 7.05 Å². The van der Waals surface area contributed by atoms with Crippen molar-refractivity contribution in [1.82, 2.24) is 10.6 Å². The number of carbonyl (C=O) groups is 1. The number of likely N-dealkylation sites (N-methyl/N-ethyl adjacent to an activating group) is 2. The molecule has 0 spiro atoms. The first kappa shape index (κ1) is 12.7. The van der Waals surface area contributed by atoms with Crippen molar-refractivity contribution in [3.05, 3.63) is 0 Å². The standard InChI is InChI=1S/C8H19N5O/c1-11-6(7(14)12-2)4-3-5-13-8(9)10/h6,11H,3-5H2,1-2H3,(H,12,14)(H4,9,10,13)/p+1/t6-/m0/s1. The van der Waals surface area contributed by atoms with Gasteiger partial charge in [-0.2, -0.15) is 0 Å². The van der Waals surface area contributed by atoms with Crippen molar-refractivity contribution in [2.45, 2.75) is 18.9 Å². The Morgan fingerprint density at radius 1 is 1.43 bits per heavy atom. The van der Waals surface area contributed by atoms with Crippen molar-refractivity contribution in [3.8, 4) is 0 Å². The van der Waals surface area contributed by atoms with Crippen LogP contribution in [0.4, 0.5) is 0 Å². The molecule has 0 aromatic carbocycles. The van der Waals surface area contributed by atoms with Gasteiger partial charge < -0.3 is 10.6 Å². The van der Waals surface area contributed by atoms with Gasteiger partial charge in [0.15, 0.2) is 0 Å². The summed E-state index contributed by atoms with van der Waals surface area (Å²) in [6.45, 7) is 0.678. The maximum absolute atomic E-state index is 11.2. The van der Waals surface area contributed by atoms with Crippen LogP contribution in [0.2, 0.25) is 0 Å². The van der Waals surface area contributed by atoms with E-state index in [1.54, 1.807) is 14.1 Å². The Hall–Kier alpha value is -1.30. The molecule has 0 saturated heterocycles. The van der Waals surface area contributed by atoms with Crippen LogP contribution in [-0.4, -0.2) is 38.5 Å². The molecule has 0 fully saturated rings. The Morgan fingerprint density at radius 3 is 2.50 bits per heavy atom. The molecule has 0 radical (unpaired) electrons. The van der Waals surface area contributed by atoms with Gasteiger partial charge in [-0.1, -0.05) is 0 Å². The fourth-order valence-corrected chi connectivity index (χ4v) is 1.12. The SMILES string of the molecule is CNC(=O)[C@H](CCC[NH+]=C(N)N)NC. The van der Waals surface area contributed by atoms with E-state index in [9.17, 15) is 4.79 Å². The average Bonchev–Trinajstić information content (AvgIpc) is 2.16. The zero-order valence-corrected chi connectivity index (χ0v) is 8.76. The van der Waals surface area contributed by atoms with Crippen LogP contribution in [0.25, 0.3) is 0 Å². The number of guanidine groups is 1. The first-order valence-electron chi connectivity index (χ1n) is 4.62. The summed E-state index contributed by atoms with van der Waals surface area (Å²) in [7, 11) is 3.38. The minimum absolute atomic E-state index is 0.00259. The predicted molar refractivity (Wildman–Crippen MR) is 55.4 cm³/mol. The largest absolute Gasteiger partial charge is 0.358 e. The molecule has 0 rings (SSSR count). The van der Waals surface area contributed by atoms with Gasteiger partial charge >= 0.3 is 5.96 Å². The number of rotatable bonds is 6. The highest BCUT2D eigenvalue weighted by molar-refractivity contribution is 5.81. The van der Waals surface area contributed by atoms with Gasteiger partial charge in [-0.15, -0.1) is 0 Å². The lowest BCUT2D eigenvalue weighted by molar-refractivity contribution is -0.459. The van der Waals surface area contributed by atoms with Gasteiger partial charge in [0.2, 0.25) is 5.91 Å². The summed E-state index contributed by atoms with van der Waals surface area (Å²) in [6, 6.07) is -0.152. The van der Waals surface area contributed by atoms with Crippen LogP contribution in [0.3, 0.4) is 0 Å². The van der Waals surface area contributed by atoms with E-state index in [1.165, 1.54) is 0 Å². The smallest absolute Gasteiger partial charge is 0.338 e. The molecule has 0 aromatic rings. The molecule has 0 aromatic heterocycles. The average molecular weight is 202 g/mol. The summed E-state index contributed by atoms with van der Waals surface area (Å²) >= 11 is 0. The van der Waals surface area contributed by atoms with E-state index in [0.29, 0.717) is 6.54 Å². The molecule has 1 amide bonds. The van der Waals surface area contributed by atoms with Gasteiger partial charge in [0.05, 0.1) is 12.6 Å². The van der Waals surface area contributed by atoms with Crippen LogP contribution in [0.15, 0.2) is 0 Å². The third-order valence-electron chi connectivity index (χ3n) is 1.91. The molecular formula is C8H20N5O+. The first-order valence-corrected chi connectivity index (χ1v) is 4.62. The first-order chi connectivity index (χ1) is 6.61. The monoisotopic (exact) mass is 202 g/mol. The molecule has 0 heterocycles. The minimum Gasteiger partial charge on any atom is -0.358 e. The summed E-state index contributed by atoms with van der Waals surface area (Å²) in [5.74, 6) is 0.211. The minimum atomic E-state index is -0.152. The van der Waals surface area contributed by atoms with Gasteiger partial charge in [0.1, 0.15) is 0 Å². The van der Waals surface area contributed by atoms with Crippen LogP contribution in [0.5, 0.6) is 0 Å². The van der Waals surface area contributed by atoms with Crippen molar-refractivity contribution < 1.29 is 9.79 Å². The third-order valence-corrected chi connectivity index (χ3v) is 1.91. The second-order valence-corrected chi connectivity index (χ2v) is 2.98. The predicted octanol–water partition coefficient (Wildman–Crippen LogP) is -3.55. The summed E-state index contributed by atoms with van der Waals surface area (Å²) in [5.41, 5.74) is 10.4. The van der Waals surface area contributed by atoms with Crippen LogP contribution < -0.4 is 27.1 Å². The third kappa shape index (κ3) is 5.36. The molecule has 0 aliphatic rings. The van der Waals surface area contributed by atoms with E-state index in [4.69, 9.17) is 11.5 Å². The van der Waals surface area contributed by atoms with E-state index in [0.717, 1.165) is 12.8 Å². The normalized spacial score (nSPS) is 11.9. The molecule has 14 heavy (non-hydrogen) atoms. The summed E-state index contributed by atoms with van der Waals surface area (Å²) in [6.07, 6.45) is 1.58. The number of hydrogen-bond acceptors (Lipinski definition) is 2. The van der Waals surface area contributed by atoms with Crippen molar-refractivity contribution in [3.63, 3.8) is 0 Å². The van der Waals surface area contributed by atoms with Gasteiger partial charge in [-0.3, -0.25) is 21.3 Å². The lowest BCUT2D eigenvalue weighted by atomic mass is 10.1. The zero-order valence-electron chi connectivity index (χ0n) is 8.76. The van der Waals surface area contributed by atoms with Crippen molar-refractivity contribution in [2.24, 2.45) is 11.5 Å². The Morgan fingerprint density at radius 2 is 2.07 bits per heavy atom. The second kappa shape index (κ2) is 7.14. The highest BCUT2D eigenvalue weighted by atomic mass is 16.2. The van der Waals surface area contributed by atoms with E-state index < -0.39 is 0 Å². The fraction of sp³-hybridized carbons (Fsp3) is 0.750. The number of hydrogen-bond donors (Lipinski definition) is 5. The van der Waals surface area contributed by atoms with Crippen molar-refractivity contribution >= 4 is 11.9 Å². The molecule has 0 aliphatic heterocycles. The number of amides is 1. The number of carbonyl (C=O) groups excluding carboxylic acids is 1. The molecule has 0 aliphatic carbocycles. The van der Waals surface area contributed by atoms with Gasteiger partial charge in [-0.25, -0.2) is 0 Å². The Kier molecular flexibility index (Phi) is 6.47. The van der Waals surface area contributed by atoms with E-state index in [-0.39, 0.29) is 17.9 Å². The molecule has 82 valence electrons. The van der Waals surface area contributed by atoms with Crippen LogP contribution in [-0.2, 0) is 4.79 Å². The zero-order chi connectivity index (χ0) is 11.0. The Balaban J connectivity index is 3.74. The molecule has 0 saturated carbocycles. The Labute approximate surface area is 84.1 Å². The van der Waals surface area contributed by atoms with Crippen molar-refractivity contribution in [2.75, 3.05) is 20.6 Å². The number of nitrogens with two attached hydrogens (primary N) is 2. The highest BCUT2D eigenvalue weighted by Gasteiger charge is 2.13. The maximum atomic E-state index is 11.2. The molecule has 0 bridgehead atoms. The van der Waals surface area contributed by atoms with Crippen LogP contribution in [0.1, 0.15) is 12.8 Å². The Bertz CT molecular complexity index is 200. The summed E-state index contributed by atoms with van der Waals surface area (Å²) < 4.78 is 0. The molecule has 0 unspecified atom stereocenters. The molecular weight excluding hydrogens is 182 g/mol. The van der Waals surface area contributed by atoms with E-state index in [2.05, 4.69) is 15.6 Å². The van der Waals surface area contributed by atoms with E-state index >= 15 is 0 Å². The van der Waals surface area contributed by atoms with Crippen molar-refractivity contribution in [1.29, 1.82) is 0 Å². The summed E-state index contributed by atoms with van der Waals surface area (Å²) in [4.78, 5) is 14.0. The summed E-state index contributed by atoms with van der Waals surface area (Å²) in [5, 5.41) is 5.52. The topological polar surface area (TPSA) is 107 Å².